The third-order valence-corrected chi connectivity index (χ3v) is 7.91. The summed E-state index contributed by atoms with van der Waals surface area (Å²) in [5, 5.41) is 0. The van der Waals surface area contributed by atoms with Gasteiger partial charge in [-0.2, -0.15) is 0 Å². The Morgan fingerprint density at radius 2 is 1.41 bits per heavy atom. The van der Waals surface area contributed by atoms with Gasteiger partial charge in [-0.25, -0.2) is 0 Å². The van der Waals surface area contributed by atoms with Crippen molar-refractivity contribution in [2.75, 3.05) is 0 Å². The molecule has 1 atom stereocenters. The summed E-state index contributed by atoms with van der Waals surface area (Å²) in [6, 6.07) is 9.73. The number of unbranched alkanes of at least 4 members (excludes halogenated alkanes) is 6. The molecule has 1 unspecified atom stereocenters. The van der Waals surface area contributed by atoms with Crippen molar-refractivity contribution in [1.29, 1.82) is 0 Å². The van der Waals surface area contributed by atoms with Gasteiger partial charge in [0.2, 0.25) is 0 Å². The van der Waals surface area contributed by atoms with Crippen molar-refractivity contribution in [3.63, 3.8) is 0 Å². The van der Waals surface area contributed by atoms with Crippen molar-refractivity contribution in [2.24, 2.45) is 11.8 Å². The second-order valence-electron chi connectivity index (χ2n) is 10.0. The van der Waals surface area contributed by atoms with Gasteiger partial charge in [0, 0.05) is 0 Å². The Labute approximate surface area is 181 Å². The third-order valence-electron chi connectivity index (χ3n) is 7.91. The Bertz CT molecular complexity index is 585. The predicted molar refractivity (Wildman–Crippen MR) is 129 cm³/mol. The normalized spacial score (nSPS) is 25.0. The lowest BCUT2D eigenvalue weighted by Crippen LogP contribution is -2.12. The highest BCUT2D eigenvalue weighted by Gasteiger charge is 2.21. The van der Waals surface area contributed by atoms with Crippen LogP contribution in [0.2, 0.25) is 0 Å². The molecule has 0 aromatic heterocycles. The second kappa shape index (κ2) is 12.6. The number of hydrogen-bond acceptors (Lipinski definition) is 0. The molecule has 0 bridgehead atoms. The minimum absolute atomic E-state index is 0.818. The van der Waals surface area contributed by atoms with Gasteiger partial charge in [-0.1, -0.05) is 102 Å². The van der Waals surface area contributed by atoms with E-state index in [4.69, 9.17) is 0 Å². The van der Waals surface area contributed by atoms with Crippen molar-refractivity contribution in [1.82, 2.24) is 0 Å². The summed E-state index contributed by atoms with van der Waals surface area (Å²) in [5.41, 5.74) is 4.70. The number of allylic oxidation sites excluding steroid dienone is 2. The Balaban J connectivity index is 1.38. The van der Waals surface area contributed by atoms with Crippen molar-refractivity contribution in [2.45, 2.75) is 122 Å². The molecule has 0 spiro atoms. The van der Waals surface area contributed by atoms with E-state index in [9.17, 15) is 0 Å². The Morgan fingerprint density at radius 3 is 2.03 bits per heavy atom. The van der Waals surface area contributed by atoms with E-state index in [0.29, 0.717) is 0 Å². The van der Waals surface area contributed by atoms with Crippen LogP contribution in [0.25, 0.3) is 5.57 Å². The van der Waals surface area contributed by atoms with Crippen molar-refractivity contribution in [3.8, 4) is 0 Å². The second-order valence-corrected chi connectivity index (χ2v) is 10.0. The van der Waals surface area contributed by atoms with E-state index in [1.165, 1.54) is 108 Å². The molecule has 0 amide bonds. The maximum Gasteiger partial charge on any atom is -0.0162 e. The first-order valence-corrected chi connectivity index (χ1v) is 13.1. The largest absolute Gasteiger partial charge is 0.0804 e. The molecule has 0 nitrogen and oxygen atoms in total. The molecule has 0 heteroatoms. The zero-order valence-electron chi connectivity index (χ0n) is 19.4. The SMILES string of the molecule is CCCCCCCCCC1CC=C(c2ccc([C@H]3CC[C@H](CC)CC3)cc2)CC1. The Morgan fingerprint density at radius 1 is 0.724 bits per heavy atom. The number of benzene rings is 1. The highest BCUT2D eigenvalue weighted by atomic mass is 14.3. The van der Waals surface area contributed by atoms with Crippen LogP contribution in [-0.2, 0) is 0 Å². The van der Waals surface area contributed by atoms with Gasteiger partial charge in [0.05, 0.1) is 0 Å². The molecule has 2 aliphatic rings. The molecular formula is C29H46. The van der Waals surface area contributed by atoms with Gasteiger partial charge in [-0.3, -0.25) is 0 Å². The summed E-state index contributed by atoms with van der Waals surface area (Å²) in [6.45, 7) is 4.66. The standard InChI is InChI=1S/C29H46/c1-3-5-6-7-8-9-10-11-25-14-18-27(19-15-25)29-22-20-28(21-23-29)26-16-12-24(4-2)13-17-26/h18,20-26H,3-17,19H2,1-2H3/t24-,25?,26-. The molecule has 1 saturated carbocycles. The minimum atomic E-state index is 0.818. The zero-order chi connectivity index (χ0) is 20.3. The van der Waals surface area contributed by atoms with Gasteiger partial charge in [0.1, 0.15) is 0 Å². The Kier molecular flexibility index (Phi) is 9.84. The van der Waals surface area contributed by atoms with Gasteiger partial charge in [-0.15, -0.1) is 0 Å². The highest BCUT2D eigenvalue weighted by Crippen LogP contribution is 2.38. The molecular weight excluding hydrogens is 348 g/mol. The van der Waals surface area contributed by atoms with E-state index < -0.39 is 0 Å². The van der Waals surface area contributed by atoms with Crippen LogP contribution in [0.15, 0.2) is 30.3 Å². The molecule has 162 valence electrons. The van der Waals surface area contributed by atoms with Crippen molar-refractivity contribution < 1.29 is 0 Å². The molecule has 1 aromatic carbocycles. The lowest BCUT2D eigenvalue weighted by molar-refractivity contribution is 0.319. The highest BCUT2D eigenvalue weighted by molar-refractivity contribution is 5.66. The average molecular weight is 395 g/mol. The Hall–Kier alpha value is -1.04. The molecule has 0 N–H and O–H groups in total. The molecule has 0 heterocycles. The van der Waals surface area contributed by atoms with Crippen LogP contribution in [0.3, 0.4) is 0 Å². The molecule has 1 aromatic rings. The maximum atomic E-state index is 2.57. The van der Waals surface area contributed by atoms with Crippen molar-refractivity contribution >= 4 is 5.57 Å². The van der Waals surface area contributed by atoms with Crippen LogP contribution >= 0.6 is 0 Å². The maximum absolute atomic E-state index is 2.57. The van der Waals surface area contributed by atoms with Crippen LogP contribution in [0.4, 0.5) is 0 Å². The smallest absolute Gasteiger partial charge is 0.0162 e. The molecule has 0 saturated heterocycles. The topological polar surface area (TPSA) is 0 Å². The molecule has 29 heavy (non-hydrogen) atoms. The van der Waals surface area contributed by atoms with Gasteiger partial charge < -0.3 is 0 Å². The first-order valence-electron chi connectivity index (χ1n) is 13.1. The molecule has 0 radical (unpaired) electrons. The van der Waals surface area contributed by atoms with Crippen molar-refractivity contribution in [3.05, 3.63) is 41.5 Å². The van der Waals surface area contributed by atoms with E-state index in [0.717, 1.165) is 17.8 Å². The summed E-state index contributed by atoms with van der Waals surface area (Å²) in [6.07, 6.45) is 25.2. The first kappa shape index (κ1) is 22.6. The third kappa shape index (κ3) is 7.30. The quantitative estimate of drug-likeness (QED) is 0.328. The van der Waals surface area contributed by atoms with Crippen LogP contribution in [0.1, 0.15) is 134 Å². The lowest BCUT2D eigenvalue weighted by atomic mass is 9.77. The fourth-order valence-electron chi connectivity index (χ4n) is 5.68. The fraction of sp³-hybridized carbons (Fsp3) is 0.724. The minimum Gasteiger partial charge on any atom is -0.0804 e. The molecule has 0 aliphatic heterocycles. The number of hydrogen-bond donors (Lipinski definition) is 0. The van der Waals surface area contributed by atoms with Crippen LogP contribution in [0.5, 0.6) is 0 Å². The first-order chi connectivity index (χ1) is 14.3. The summed E-state index contributed by atoms with van der Waals surface area (Å²) in [5.74, 6) is 2.76. The van der Waals surface area contributed by atoms with Crippen LogP contribution < -0.4 is 0 Å². The molecule has 2 aliphatic carbocycles. The van der Waals surface area contributed by atoms with E-state index in [1.54, 1.807) is 11.1 Å². The monoisotopic (exact) mass is 394 g/mol. The van der Waals surface area contributed by atoms with Gasteiger partial charge in [0.15, 0.2) is 0 Å². The predicted octanol–water partition coefficient (Wildman–Crippen LogP) is 9.69. The summed E-state index contributed by atoms with van der Waals surface area (Å²) >= 11 is 0. The van der Waals surface area contributed by atoms with Gasteiger partial charge in [0.25, 0.3) is 0 Å². The van der Waals surface area contributed by atoms with Gasteiger partial charge >= 0.3 is 0 Å². The van der Waals surface area contributed by atoms with E-state index >= 15 is 0 Å². The van der Waals surface area contributed by atoms with E-state index in [-0.39, 0.29) is 0 Å². The number of rotatable bonds is 11. The molecule has 1 fully saturated rings. The summed E-state index contributed by atoms with van der Waals surface area (Å²) in [4.78, 5) is 0. The zero-order valence-corrected chi connectivity index (χ0v) is 19.4. The fourth-order valence-corrected chi connectivity index (χ4v) is 5.68. The van der Waals surface area contributed by atoms with Crippen LogP contribution in [0, 0.1) is 11.8 Å². The summed E-state index contributed by atoms with van der Waals surface area (Å²) < 4.78 is 0. The lowest BCUT2D eigenvalue weighted by Gasteiger charge is -2.28. The van der Waals surface area contributed by atoms with Crippen LogP contribution in [-0.4, -0.2) is 0 Å². The average Bonchev–Trinajstić information content (AvgIpc) is 2.79. The summed E-state index contributed by atoms with van der Waals surface area (Å²) in [7, 11) is 0. The van der Waals surface area contributed by atoms with E-state index in [2.05, 4.69) is 44.2 Å². The van der Waals surface area contributed by atoms with Gasteiger partial charge in [-0.05, 0) is 79.4 Å². The van der Waals surface area contributed by atoms with E-state index in [1.807, 2.05) is 0 Å². The molecule has 3 rings (SSSR count).